The fourth-order valence-electron chi connectivity index (χ4n) is 1.95. The number of aromatic nitrogens is 1. The molecule has 0 amide bonds. The summed E-state index contributed by atoms with van der Waals surface area (Å²) in [7, 11) is 0. The van der Waals surface area contributed by atoms with E-state index in [0.717, 1.165) is 0 Å². The molecule has 1 aromatic heterocycles. The third kappa shape index (κ3) is 3.39. The largest absolute Gasteiger partial charge is 0.573 e. The molecule has 0 bridgehead atoms. The van der Waals surface area contributed by atoms with Crippen molar-refractivity contribution in [3.8, 4) is 16.3 Å². The van der Waals surface area contributed by atoms with Crippen molar-refractivity contribution < 1.29 is 22.8 Å². The van der Waals surface area contributed by atoms with Gasteiger partial charge in [0, 0.05) is 23.8 Å². The van der Waals surface area contributed by atoms with Crippen molar-refractivity contribution in [2.45, 2.75) is 6.36 Å². The first kappa shape index (κ1) is 15.2. The van der Waals surface area contributed by atoms with Gasteiger partial charge < -0.3 is 4.74 Å². The molecular weight excluding hydrogens is 333 g/mol. The maximum Gasteiger partial charge on any atom is 0.573 e. The molecule has 0 aliphatic rings. The normalized spacial score (nSPS) is 11.6. The van der Waals surface area contributed by atoms with Crippen LogP contribution in [0.2, 0.25) is 0 Å². The number of halogens is 3. The van der Waals surface area contributed by atoms with Crippen molar-refractivity contribution >= 4 is 27.2 Å². The molecule has 2 aromatic carbocycles. The molecule has 5 nitrogen and oxygen atoms in total. The van der Waals surface area contributed by atoms with Crippen molar-refractivity contribution in [2.75, 3.05) is 0 Å². The summed E-state index contributed by atoms with van der Waals surface area (Å²) in [6.45, 7) is 0. The number of hydrogen-bond acceptors (Lipinski definition) is 5. The second kappa shape index (κ2) is 5.51. The number of hydrogen-bond donors (Lipinski definition) is 0. The van der Waals surface area contributed by atoms with Crippen LogP contribution in [0.1, 0.15) is 0 Å². The zero-order valence-electron chi connectivity index (χ0n) is 11.2. The summed E-state index contributed by atoms with van der Waals surface area (Å²) in [4.78, 5) is 14.4. The van der Waals surface area contributed by atoms with Gasteiger partial charge in [0.05, 0.1) is 15.1 Å². The van der Waals surface area contributed by atoms with Gasteiger partial charge >= 0.3 is 6.36 Å². The Morgan fingerprint density at radius 2 is 1.83 bits per heavy atom. The van der Waals surface area contributed by atoms with E-state index in [1.165, 1.54) is 41.7 Å². The van der Waals surface area contributed by atoms with Gasteiger partial charge in [-0.2, -0.15) is 0 Å². The molecule has 3 aromatic rings. The Hall–Kier alpha value is -2.68. The summed E-state index contributed by atoms with van der Waals surface area (Å²) in [6.07, 6.45) is -4.76. The summed E-state index contributed by atoms with van der Waals surface area (Å²) in [6, 6.07) is 9.69. The van der Waals surface area contributed by atoms with E-state index in [1.807, 2.05) is 0 Å². The van der Waals surface area contributed by atoms with Gasteiger partial charge in [-0.05, 0) is 24.3 Å². The molecule has 9 heteroatoms. The van der Waals surface area contributed by atoms with Gasteiger partial charge in [-0.3, -0.25) is 10.1 Å². The third-order valence-corrected chi connectivity index (χ3v) is 4.00. The van der Waals surface area contributed by atoms with Gasteiger partial charge in [-0.15, -0.1) is 24.5 Å². The Labute approximate surface area is 131 Å². The van der Waals surface area contributed by atoms with Crippen LogP contribution in [-0.2, 0) is 0 Å². The molecule has 0 atom stereocenters. The fraction of sp³-hybridized carbons (Fsp3) is 0.0714. The maximum atomic E-state index is 12.2. The van der Waals surface area contributed by atoms with Crippen LogP contribution in [0, 0.1) is 10.1 Å². The van der Waals surface area contributed by atoms with Crippen LogP contribution in [0.15, 0.2) is 42.5 Å². The Balaban J connectivity index is 1.94. The lowest BCUT2D eigenvalue weighted by atomic mass is 10.2. The Bertz CT molecular complexity index is 875. The summed E-state index contributed by atoms with van der Waals surface area (Å²) in [5, 5.41) is 11.2. The molecule has 0 spiro atoms. The maximum absolute atomic E-state index is 12.2. The van der Waals surface area contributed by atoms with Gasteiger partial charge in [0.1, 0.15) is 10.8 Å². The smallest absolute Gasteiger partial charge is 0.406 e. The highest BCUT2D eigenvalue weighted by molar-refractivity contribution is 7.21. The average molecular weight is 340 g/mol. The van der Waals surface area contributed by atoms with Crippen LogP contribution >= 0.6 is 11.3 Å². The fourth-order valence-corrected chi connectivity index (χ4v) is 2.91. The van der Waals surface area contributed by atoms with Gasteiger partial charge in [0.25, 0.3) is 5.69 Å². The first-order valence-corrected chi connectivity index (χ1v) is 7.05. The summed E-state index contributed by atoms with van der Waals surface area (Å²) < 4.78 is 41.2. The molecule has 1 heterocycles. The van der Waals surface area contributed by atoms with Crippen LogP contribution in [0.3, 0.4) is 0 Å². The molecule has 118 valence electrons. The van der Waals surface area contributed by atoms with Crippen LogP contribution in [0.25, 0.3) is 20.8 Å². The van der Waals surface area contributed by atoms with Crippen LogP contribution < -0.4 is 4.74 Å². The third-order valence-electron chi connectivity index (χ3n) is 2.92. The van der Waals surface area contributed by atoms with E-state index < -0.39 is 11.3 Å². The minimum absolute atomic E-state index is 0.0456. The number of benzene rings is 2. The minimum Gasteiger partial charge on any atom is -0.406 e. The highest BCUT2D eigenvalue weighted by Gasteiger charge is 2.31. The number of ether oxygens (including phenoxy) is 1. The number of nitro benzene ring substituents is 1. The van der Waals surface area contributed by atoms with Gasteiger partial charge in [0.2, 0.25) is 0 Å². The Morgan fingerprint density at radius 1 is 1.13 bits per heavy atom. The van der Waals surface area contributed by atoms with Crippen molar-refractivity contribution in [3.63, 3.8) is 0 Å². The molecule has 0 N–H and O–H groups in total. The number of nitro groups is 1. The molecule has 0 aliphatic heterocycles. The highest BCUT2D eigenvalue weighted by Crippen LogP contribution is 2.34. The molecule has 0 saturated carbocycles. The molecule has 0 unspecified atom stereocenters. The molecule has 0 saturated heterocycles. The predicted octanol–water partition coefficient (Wildman–Crippen LogP) is 4.77. The summed E-state index contributed by atoms with van der Waals surface area (Å²) in [5.41, 5.74) is 0.968. The number of rotatable bonds is 3. The lowest BCUT2D eigenvalue weighted by Gasteiger charge is -2.07. The van der Waals surface area contributed by atoms with E-state index in [4.69, 9.17) is 0 Å². The van der Waals surface area contributed by atoms with Gasteiger partial charge in [-0.1, -0.05) is 0 Å². The molecule has 23 heavy (non-hydrogen) atoms. The zero-order valence-corrected chi connectivity index (χ0v) is 12.0. The Kier molecular flexibility index (Phi) is 3.64. The van der Waals surface area contributed by atoms with E-state index in [-0.39, 0.29) is 11.4 Å². The number of thiazole rings is 1. The number of fused-ring (bicyclic) bond motifs is 1. The summed E-state index contributed by atoms with van der Waals surface area (Å²) in [5.74, 6) is -0.342. The van der Waals surface area contributed by atoms with E-state index >= 15 is 0 Å². The molecule has 3 rings (SSSR count). The average Bonchev–Trinajstić information content (AvgIpc) is 2.88. The van der Waals surface area contributed by atoms with Crippen LogP contribution in [0.4, 0.5) is 18.9 Å². The first-order valence-electron chi connectivity index (χ1n) is 6.23. The molecular formula is C14H7F3N2O3S. The lowest BCUT2D eigenvalue weighted by Crippen LogP contribution is -2.16. The van der Waals surface area contributed by atoms with Crippen LogP contribution in [0.5, 0.6) is 5.75 Å². The quantitative estimate of drug-likeness (QED) is 0.509. The molecule has 0 aliphatic carbocycles. The van der Waals surface area contributed by atoms with Crippen molar-refractivity contribution in [2.24, 2.45) is 0 Å². The van der Waals surface area contributed by atoms with E-state index in [1.54, 1.807) is 12.1 Å². The molecule has 0 radical (unpaired) electrons. The minimum atomic E-state index is -4.76. The number of non-ortho nitro benzene ring substituents is 1. The van der Waals surface area contributed by atoms with Crippen molar-refractivity contribution in [1.29, 1.82) is 0 Å². The number of nitrogens with zero attached hydrogens (tertiary/aromatic N) is 2. The van der Waals surface area contributed by atoms with Gasteiger partial charge in [0.15, 0.2) is 0 Å². The second-order valence-corrected chi connectivity index (χ2v) is 5.53. The highest BCUT2D eigenvalue weighted by atomic mass is 32.1. The lowest BCUT2D eigenvalue weighted by molar-refractivity contribution is -0.384. The Morgan fingerprint density at radius 3 is 2.43 bits per heavy atom. The predicted molar refractivity (Wildman–Crippen MR) is 78.4 cm³/mol. The van der Waals surface area contributed by atoms with E-state index in [0.29, 0.717) is 20.8 Å². The topological polar surface area (TPSA) is 65.3 Å². The summed E-state index contributed by atoms with van der Waals surface area (Å²) >= 11 is 1.27. The van der Waals surface area contributed by atoms with Crippen LogP contribution in [-0.4, -0.2) is 16.3 Å². The standard InChI is InChI=1S/C14H7F3N2O3S/c15-14(16,17)22-10-5-6-12-11(7-10)18-13(23-12)8-1-3-9(4-2-8)19(20)21/h1-7H. The second-order valence-electron chi connectivity index (χ2n) is 4.50. The molecule has 0 fully saturated rings. The monoisotopic (exact) mass is 340 g/mol. The van der Waals surface area contributed by atoms with Gasteiger partial charge in [-0.25, -0.2) is 4.98 Å². The first-order chi connectivity index (χ1) is 10.8. The van der Waals surface area contributed by atoms with Crippen molar-refractivity contribution in [3.05, 3.63) is 52.6 Å². The SMILES string of the molecule is O=[N+]([O-])c1ccc(-c2nc3cc(OC(F)(F)F)ccc3s2)cc1. The van der Waals surface area contributed by atoms with E-state index in [2.05, 4.69) is 9.72 Å². The number of alkyl halides is 3. The van der Waals surface area contributed by atoms with Crippen molar-refractivity contribution in [1.82, 2.24) is 4.98 Å². The van der Waals surface area contributed by atoms with E-state index in [9.17, 15) is 23.3 Å². The zero-order chi connectivity index (χ0) is 16.6.